The maximum atomic E-state index is 11.4. The third-order valence-electron chi connectivity index (χ3n) is 2.14. The quantitative estimate of drug-likeness (QED) is 0.621. The zero-order valence-electron chi connectivity index (χ0n) is 7.46. The first kappa shape index (κ1) is 9.03. The van der Waals surface area contributed by atoms with E-state index >= 15 is 0 Å². The molecule has 1 atom stereocenters. The number of carbonyl (C=O) groups excluding carboxylic acids is 2. The zero-order valence-corrected chi connectivity index (χ0v) is 7.46. The number of likely N-dealkylation sites (N-methyl/N-ethyl adjacent to an activating group) is 1. The minimum absolute atomic E-state index is 0.0159. The van der Waals surface area contributed by atoms with Crippen LogP contribution < -0.4 is 5.32 Å². The Morgan fingerprint density at radius 2 is 2.42 bits per heavy atom. The minimum atomic E-state index is -0.276. The summed E-state index contributed by atoms with van der Waals surface area (Å²) in [6.07, 6.45) is 1.12. The Hall–Kier alpha value is -1.06. The molecule has 1 saturated heterocycles. The summed E-state index contributed by atoms with van der Waals surface area (Å²) in [5.41, 5.74) is 0. The number of carbonyl (C=O) groups is 2. The monoisotopic (exact) mass is 170 g/mol. The Morgan fingerprint density at radius 3 is 2.83 bits per heavy atom. The molecule has 12 heavy (non-hydrogen) atoms. The van der Waals surface area contributed by atoms with E-state index in [-0.39, 0.29) is 17.9 Å². The number of nitrogens with zero attached hydrogens (tertiary/aromatic N) is 1. The smallest absolute Gasteiger partial charge is 0.244 e. The molecule has 0 radical (unpaired) electrons. The lowest BCUT2D eigenvalue weighted by molar-refractivity contribution is -0.132. The van der Waals surface area contributed by atoms with Gasteiger partial charge in [-0.2, -0.15) is 0 Å². The fourth-order valence-electron chi connectivity index (χ4n) is 1.22. The Balaban J connectivity index is 2.48. The molecule has 0 aromatic heterocycles. The van der Waals surface area contributed by atoms with Crippen molar-refractivity contribution in [1.29, 1.82) is 0 Å². The van der Waals surface area contributed by atoms with Crippen molar-refractivity contribution >= 4 is 11.8 Å². The maximum absolute atomic E-state index is 11.4. The first-order valence-electron chi connectivity index (χ1n) is 4.19. The molecule has 1 fully saturated rings. The summed E-state index contributed by atoms with van der Waals surface area (Å²) in [6, 6.07) is -0.276. The Kier molecular flexibility index (Phi) is 2.68. The van der Waals surface area contributed by atoms with Gasteiger partial charge in [-0.25, -0.2) is 0 Å². The highest BCUT2D eigenvalue weighted by atomic mass is 16.2. The molecule has 0 unspecified atom stereocenters. The Labute approximate surface area is 71.9 Å². The maximum Gasteiger partial charge on any atom is 0.244 e. The average Bonchev–Trinajstić information content (AvgIpc) is 2.49. The van der Waals surface area contributed by atoms with Crippen LogP contribution in [0.1, 0.15) is 19.8 Å². The molecule has 2 amide bonds. The molecular formula is C8H14N2O2. The standard InChI is InChI=1S/C8H14N2O2/c1-3-10(2)8(12)6-4-5-7(11)9-6/h6H,3-5H2,1-2H3,(H,9,11)/t6-/m1/s1. The fraction of sp³-hybridized carbons (Fsp3) is 0.750. The van der Waals surface area contributed by atoms with Crippen LogP contribution in [0.3, 0.4) is 0 Å². The SMILES string of the molecule is CCN(C)C(=O)[C@H]1CCC(=O)N1. The molecule has 4 heteroatoms. The van der Waals surface area contributed by atoms with Crippen LogP contribution in [0.5, 0.6) is 0 Å². The van der Waals surface area contributed by atoms with Gasteiger partial charge in [0.15, 0.2) is 0 Å². The Bertz CT molecular complexity index is 203. The van der Waals surface area contributed by atoms with Crippen molar-refractivity contribution in [3.8, 4) is 0 Å². The van der Waals surface area contributed by atoms with E-state index < -0.39 is 0 Å². The first-order valence-corrected chi connectivity index (χ1v) is 4.19. The van der Waals surface area contributed by atoms with Crippen molar-refractivity contribution in [2.45, 2.75) is 25.8 Å². The third-order valence-corrected chi connectivity index (χ3v) is 2.14. The van der Waals surface area contributed by atoms with Gasteiger partial charge < -0.3 is 10.2 Å². The molecular weight excluding hydrogens is 156 g/mol. The highest BCUT2D eigenvalue weighted by Crippen LogP contribution is 2.08. The van der Waals surface area contributed by atoms with Crippen LogP contribution in [0.15, 0.2) is 0 Å². The van der Waals surface area contributed by atoms with Crippen LogP contribution in [0, 0.1) is 0 Å². The van der Waals surface area contributed by atoms with Gasteiger partial charge in [-0.15, -0.1) is 0 Å². The first-order chi connectivity index (χ1) is 5.65. The highest BCUT2D eigenvalue weighted by molar-refractivity contribution is 5.90. The van der Waals surface area contributed by atoms with Gasteiger partial charge in [0, 0.05) is 20.0 Å². The summed E-state index contributed by atoms with van der Waals surface area (Å²) in [4.78, 5) is 23.8. The van der Waals surface area contributed by atoms with E-state index in [0.717, 1.165) is 0 Å². The van der Waals surface area contributed by atoms with Crippen molar-refractivity contribution in [1.82, 2.24) is 10.2 Å². The molecule has 1 rings (SSSR count). The summed E-state index contributed by atoms with van der Waals surface area (Å²) < 4.78 is 0. The summed E-state index contributed by atoms with van der Waals surface area (Å²) in [7, 11) is 1.74. The fourth-order valence-corrected chi connectivity index (χ4v) is 1.22. The van der Waals surface area contributed by atoms with E-state index in [1.807, 2.05) is 6.92 Å². The lowest BCUT2D eigenvalue weighted by atomic mass is 10.2. The van der Waals surface area contributed by atoms with Crippen LogP contribution in [0.25, 0.3) is 0 Å². The number of amides is 2. The van der Waals surface area contributed by atoms with Crippen molar-refractivity contribution < 1.29 is 9.59 Å². The van der Waals surface area contributed by atoms with E-state index in [9.17, 15) is 9.59 Å². The summed E-state index contributed by atoms with van der Waals surface area (Å²) in [5, 5.41) is 2.64. The third kappa shape index (κ3) is 1.75. The summed E-state index contributed by atoms with van der Waals surface area (Å²) in [6.45, 7) is 2.60. The molecule has 0 aromatic carbocycles. The van der Waals surface area contributed by atoms with Gasteiger partial charge in [0.2, 0.25) is 11.8 Å². The molecule has 0 aromatic rings. The van der Waals surface area contributed by atoms with Gasteiger partial charge in [-0.05, 0) is 13.3 Å². The largest absolute Gasteiger partial charge is 0.344 e. The molecule has 0 bridgehead atoms. The summed E-state index contributed by atoms with van der Waals surface area (Å²) >= 11 is 0. The van der Waals surface area contributed by atoms with E-state index in [1.54, 1.807) is 11.9 Å². The predicted octanol–water partition coefficient (Wildman–Crippen LogP) is -0.257. The molecule has 1 heterocycles. The van der Waals surface area contributed by atoms with Gasteiger partial charge in [-0.3, -0.25) is 9.59 Å². The molecule has 1 aliphatic rings. The van der Waals surface area contributed by atoms with Gasteiger partial charge in [0.05, 0.1) is 0 Å². The topological polar surface area (TPSA) is 49.4 Å². The summed E-state index contributed by atoms with van der Waals surface area (Å²) in [5.74, 6) is 0.00111. The van der Waals surface area contributed by atoms with Gasteiger partial charge in [0.25, 0.3) is 0 Å². The second-order valence-corrected chi connectivity index (χ2v) is 3.01. The van der Waals surface area contributed by atoms with Crippen molar-refractivity contribution in [2.75, 3.05) is 13.6 Å². The molecule has 1 aliphatic heterocycles. The zero-order chi connectivity index (χ0) is 9.14. The molecule has 0 spiro atoms. The lowest BCUT2D eigenvalue weighted by Crippen LogP contribution is -2.42. The minimum Gasteiger partial charge on any atom is -0.344 e. The molecule has 0 saturated carbocycles. The highest BCUT2D eigenvalue weighted by Gasteiger charge is 2.28. The van der Waals surface area contributed by atoms with Crippen LogP contribution in [0.4, 0.5) is 0 Å². The van der Waals surface area contributed by atoms with Crippen LogP contribution >= 0.6 is 0 Å². The van der Waals surface area contributed by atoms with Crippen LogP contribution in [-0.2, 0) is 9.59 Å². The molecule has 4 nitrogen and oxygen atoms in total. The number of rotatable bonds is 2. The molecule has 0 aliphatic carbocycles. The second kappa shape index (κ2) is 3.56. The molecule has 1 N–H and O–H groups in total. The van der Waals surface area contributed by atoms with E-state index in [1.165, 1.54) is 0 Å². The van der Waals surface area contributed by atoms with Gasteiger partial charge in [0.1, 0.15) is 6.04 Å². The lowest BCUT2D eigenvalue weighted by Gasteiger charge is -2.18. The van der Waals surface area contributed by atoms with E-state index in [0.29, 0.717) is 19.4 Å². The van der Waals surface area contributed by atoms with Crippen molar-refractivity contribution in [2.24, 2.45) is 0 Å². The second-order valence-electron chi connectivity index (χ2n) is 3.01. The number of hydrogen-bond donors (Lipinski definition) is 1. The average molecular weight is 170 g/mol. The van der Waals surface area contributed by atoms with Crippen LogP contribution in [0.2, 0.25) is 0 Å². The number of nitrogens with one attached hydrogen (secondary N) is 1. The normalized spacial score (nSPS) is 22.2. The van der Waals surface area contributed by atoms with Crippen molar-refractivity contribution in [3.63, 3.8) is 0 Å². The predicted molar refractivity (Wildman–Crippen MR) is 44.5 cm³/mol. The number of hydrogen-bond acceptors (Lipinski definition) is 2. The van der Waals surface area contributed by atoms with Gasteiger partial charge >= 0.3 is 0 Å². The van der Waals surface area contributed by atoms with Crippen LogP contribution in [-0.4, -0.2) is 36.3 Å². The van der Waals surface area contributed by atoms with E-state index in [2.05, 4.69) is 5.32 Å². The van der Waals surface area contributed by atoms with E-state index in [4.69, 9.17) is 0 Å². The van der Waals surface area contributed by atoms with Crippen molar-refractivity contribution in [3.05, 3.63) is 0 Å². The van der Waals surface area contributed by atoms with Gasteiger partial charge in [-0.1, -0.05) is 0 Å². The molecule has 68 valence electrons. The Morgan fingerprint density at radius 1 is 1.75 bits per heavy atom.